The van der Waals surface area contributed by atoms with Crippen LogP contribution in [-0.4, -0.2) is 34.7 Å². The lowest BCUT2D eigenvalue weighted by molar-refractivity contribution is 0.611. The predicted molar refractivity (Wildman–Crippen MR) is 135 cm³/mol. The summed E-state index contributed by atoms with van der Waals surface area (Å²) in [6.07, 6.45) is 6.17. The fraction of sp³-hybridized carbons (Fsp3) is 0.222. The van der Waals surface area contributed by atoms with Crippen molar-refractivity contribution in [3.8, 4) is 28.3 Å². The van der Waals surface area contributed by atoms with E-state index in [9.17, 15) is 9.18 Å². The van der Waals surface area contributed by atoms with E-state index in [0.717, 1.165) is 47.2 Å². The number of hydrogen-bond acceptors (Lipinski definition) is 5. The molecule has 5 rings (SSSR count). The van der Waals surface area contributed by atoms with Crippen LogP contribution in [0.25, 0.3) is 28.3 Å². The Balaban J connectivity index is 1.49. The quantitative estimate of drug-likeness (QED) is 0.345. The van der Waals surface area contributed by atoms with Gasteiger partial charge < -0.3 is 0 Å². The molecule has 1 N–H and O–H groups in total. The first-order valence-electron chi connectivity index (χ1n) is 11.9. The zero-order valence-corrected chi connectivity index (χ0v) is 20.1. The number of nitrogens with one attached hydrogen (secondary N) is 1. The summed E-state index contributed by atoms with van der Waals surface area (Å²) in [5.41, 5.74) is 5.14. The first-order valence-corrected chi connectivity index (χ1v) is 11.9. The first-order chi connectivity index (χ1) is 17.6. The second-order valence-corrected chi connectivity index (χ2v) is 8.71. The fourth-order valence-corrected chi connectivity index (χ4v) is 4.40. The van der Waals surface area contributed by atoms with Gasteiger partial charge in [-0.2, -0.15) is 0 Å². The Morgan fingerprint density at radius 2 is 1.89 bits per heavy atom. The molecule has 0 bridgehead atoms. The van der Waals surface area contributed by atoms with Crippen LogP contribution in [0.3, 0.4) is 0 Å². The molecule has 0 saturated heterocycles. The number of para-hydroxylation sites is 1. The van der Waals surface area contributed by atoms with Gasteiger partial charge in [0, 0.05) is 23.7 Å². The van der Waals surface area contributed by atoms with Crippen LogP contribution < -0.4 is 5.69 Å². The standard InChI is InChI=1S/C27H26FN7O/c1-3-4-8-21-17-35(25-18(2)7-5-10-23(25)28)27(36)34(21)16-19-11-13-20(14-12-19)22-9-6-15-29-24(22)26-30-32-33-31-26/h5-7,9-15,17H,3-4,8,16H2,1-2H3,(H,30,31,32,33). The molecular formula is C27H26FN7O. The summed E-state index contributed by atoms with van der Waals surface area (Å²) in [7, 11) is 0. The van der Waals surface area contributed by atoms with Crippen molar-refractivity contribution in [3.63, 3.8) is 0 Å². The van der Waals surface area contributed by atoms with Gasteiger partial charge in [0.2, 0.25) is 0 Å². The fourth-order valence-electron chi connectivity index (χ4n) is 4.40. The number of rotatable bonds is 8. The van der Waals surface area contributed by atoms with Crippen LogP contribution in [0.15, 0.2) is 71.8 Å². The highest BCUT2D eigenvalue weighted by Gasteiger charge is 2.17. The first kappa shape index (κ1) is 23.3. The van der Waals surface area contributed by atoms with Crippen LogP contribution in [0.2, 0.25) is 0 Å². The van der Waals surface area contributed by atoms with Gasteiger partial charge in [0.15, 0.2) is 5.82 Å². The number of unbranched alkanes of at least 4 members (excludes halogenated alkanes) is 1. The molecule has 3 aromatic heterocycles. The number of H-pyrrole nitrogens is 1. The lowest BCUT2D eigenvalue weighted by atomic mass is 10.0. The van der Waals surface area contributed by atoms with Crippen molar-refractivity contribution < 1.29 is 4.39 Å². The Morgan fingerprint density at radius 1 is 1.06 bits per heavy atom. The predicted octanol–water partition coefficient (Wildman–Crippen LogP) is 4.72. The van der Waals surface area contributed by atoms with Gasteiger partial charge in [0.1, 0.15) is 11.5 Å². The molecule has 0 amide bonds. The number of aromatic nitrogens is 7. The molecule has 0 saturated carbocycles. The lowest BCUT2D eigenvalue weighted by Crippen LogP contribution is -2.25. The summed E-state index contributed by atoms with van der Waals surface area (Å²) >= 11 is 0. The molecule has 5 aromatic rings. The third kappa shape index (κ3) is 4.47. The summed E-state index contributed by atoms with van der Waals surface area (Å²) in [6, 6.07) is 16.7. The van der Waals surface area contributed by atoms with Gasteiger partial charge in [0.25, 0.3) is 0 Å². The van der Waals surface area contributed by atoms with Crippen LogP contribution in [0.4, 0.5) is 4.39 Å². The Morgan fingerprint density at radius 3 is 2.61 bits per heavy atom. The molecule has 9 heteroatoms. The van der Waals surface area contributed by atoms with Gasteiger partial charge in [-0.25, -0.2) is 14.3 Å². The zero-order chi connectivity index (χ0) is 25.1. The molecule has 2 aromatic carbocycles. The normalized spacial score (nSPS) is 11.2. The second-order valence-electron chi connectivity index (χ2n) is 8.71. The van der Waals surface area contributed by atoms with E-state index in [1.54, 1.807) is 23.0 Å². The Kier molecular flexibility index (Phi) is 6.53. The Labute approximate surface area is 207 Å². The van der Waals surface area contributed by atoms with Crippen molar-refractivity contribution in [1.29, 1.82) is 0 Å². The molecular weight excluding hydrogens is 457 g/mol. The van der Waals surface area contributed by atoms with Crippen molar-refractivity contribution in [2.24, 2.45) is 0 Å². The molecule has 36 heavy (non-hydrogen) atoms. The number of hydrogen-bond donors (Lipinski definition) is 1. The number of aromatic amines is 1. The molecule has 0 aliphatic carbocycles. The van der Waals surface area contributed by atoms with Crippen LogP contribution in [-0.2, 0) is 13.0 Å². The molecule has 0 spiro atoms. The highest BCUT2D eigenvalue weighted by atomic mass is 19.1. The van der Waals surface area contributed by atoms with Gasteiger partial charge in [0.05, 0.1) is 12.2 Å². The van der Waals surface area contributed by atoms with E-state index in [1.807, 2.05) is 49.4 Å². The van der Waals surface area contributed by atoms with Gasteiger partial charge in [-0.3, -0.25) is 14.1 Å². The molecule has 0 atom stereocenters. The highest BCUT2D eigenvalue weighted by Crippen LogP contribution is 2.28. The monoisotopic (exact) mass is 483 g/mol. The average molecular weight is 484 g/mol. The summed E-state index contributed by atoms with van der Waals surface area (Å²) < 4.78 is 17.9. The van der Waals surface area contributed by atoms with Crippen molar-refractivity contribution in [2.75, 3.05) is 0 Å². The number of aryl methyl sites for hydroxylation is 2. The van der Waals surface area contributed by atoms with Crippen LogP contribution in [0, 0.1) is 12.7 Å². The van der Waals surface area contributed by atoms with Crippen molar-refractivity contribution in [2.45, 2.75) is 39.7 Å². The molecule has 0 aliphatic rings. The van der Waals surface area contributed by atoms with Gasteiger partial charge in [-0.15, -0.1) is 5.10 Å². The summed E-state index contributed by atoms with van der Waals surface area (Å²) in [5, 5.41) is 14.0. The molecule has 0 radical (unpaired) electrons. The van der Waals surface area contributed by atoms with Crippen LogP contribution in [0.5, 0.6) is 0 Å². The minimum atomic E-state index is -0.408. The number of halogens is 1. The van der Waals surface area contributed by atoms with E-state index >= 15 is 0 Å². The maximum absolute atomic E-state index is 14.7. The van der Waals surface area contributed by atoms with Crippen molar-refractivity contribution >= 4 is 0 Å². The Bertz CT molecular complexity index is 1520. The third-order valence-electron chi connectivity index (χ3n) is 6.26. The van der Waals surface area contributed by atoms with Gasteiger partial charge in [-0.05, 0) is 59.0 Å². The molecule has 0 fully saturated rings. The molecule has 182 valence electrons. The van der Waals surface area contributed by atoms with E-state index in [-0.39, 0.29) is 5.69 Å². The molecule has 0 aliphatic heterocycles. The number of pyridine rings is 1. The highest BCUT2D eigenvalue weighted by molar-refractivity contribution is 5.77. The van der Waals surface area contributed by atoms with E-state index in [1.165, 1.54) is 10.6 Å². The number of imidazole rings is 1. The Hall–Kier alpha value is -4.40. The van der Waals surface area contributed by atoms with E-state index in [2.05, 4.69) is 32.5 Å². The maximum atomic E-state index is 14.7. The van der Waals surface area contributed by atoms with Crippen LogP contribution in [0.1, 0.15) is 36.6 Å². The smallest absolute Gasteiger partial charge is 0.292 e. The average Bonchev–Trinajstić information content (AvgIpc) is 3.53. The minimum absolute atomic E-state index is 0.245. The van der Waals surface area contributed by atoms with E-state index < -0.39 is 5.82 Å². The minimum Gasteiger partial charge on any atom is -0.292 e. The summed E-state index contributed by atoms with van der Waals surface area (Å²) in [4.78, 5) is 17.9. The summed E-state index contributed by atoms with van der Waals surface area (Å²) in [5.74, 6) is 0.0847. The molecule has 0 unspecified atom stereocenters. The van der Waals surface area contributed by atoms with Crippen LogP contribution >= 0.6 is 0 Å². The van der Waals surface area contributed by atoms with E-state index in [4.69, 9.17) is 0 Å². The molecule has 3 heterocycles. The van der Waals surface area contributed by atoms with Gasteiger partial charge >= 0.3 is 5.69 Å². The zero-order valence-electron chi connectivity index (χ0n) is 20.1. The topological polar surface area (TPSA) is 94.3 Å². The van der Waals surface area contributed by atoms with E-state index in [0.29, 0.717) is 23.8 Å². The number of tetrazole rings is 1. The number of nitrogens with zero attached hydrogens (tertiary/aromatic N) is 6. The largest absolute Gasteiger partial charge is 0.333 e. The molecule has 8 nitrogen and oxygen atoms in total. The number of benzene rings is 2. The van der Waals surface area contributed by atoms with Crippen molar-refractivity contribution in [1.82, 2.24) is 34.7 Å². The lowest BCUT2D eigenvalue weighted by Gasteiger charge is -2.10. The second kappa shape index (κ2) is 10.1. The summed E-state index contributed by atoms with van der Waals surface area (Å²) in [6.45, 7) is 4.32. The van der Waals surface area contributed by atoms with Gasteiger partial charge in [-0.1, -0.05) is 55.8 Å². The third-order valence-corrected chi connectivity index (χ3v) is 6.26. The van der Waals surface area contributed by atoms with Crippen molar-refractivity contribution in [3.05, 3.63) is 100 Å². The SMILES string of the molecule is CCCCc1cn(-c2c(C)cccc2F)c(=O)n1Cc1ccc(-c2cccnc2-c2nnn[nH]2)cc1. The maximum Gasteiger partial charge on any atom is 0.333 e.